The molecule has 4 heterocycles. The maximum absolute atomic E-state index is 13.3. The number of hydrogen-bond donors (Lipinski definition) is 2. The molecule has 0 radical (unpaired) electrons. The summed E-state index contributed by atoms with van der Waals surface area (Å²) in [7, 11) is 1.64. The molecule has 2 atom stereocenters. The Kier molecular flexibility index (Phi) is 5.47. The number of aromatic amines is 1. The van der Waals surface area contributed by atoms with Gasteiger partial charge in [-0.3, -0.25) is 9.89 Å². The number of hydrogen-bond acceptors (Lipinski definition) is 7. The van der Waals surface area contributed by atoms with E-state index in [0.717, 1.165) is 32.9 Å². The van der Waals surface area contributed by atoms with E-state index in [1.165, 1.54) is 11.3 Å². The van der Waals surface area contributed by atoms with Crippen LogP contribution in [0.3, 0.4) is 0 Å². The molecule has 1 amide bonds. The number of benzene rings is 1. The Morgan fingerprint density at radius 3 is 2.71 bits per heavy atom. The molecule has 0 spiro atoms. The number of fused-ring (bicyclic) bond motifs is 3. The molecule has 0 bridgehead atoms. The van der Waals surface area contributed by atoms with Crippen molar-refractivity contribution in [3.05, 3.63) is 69.8 Å². The van der Waals surface area contributed by atoms with Crippen molar-refractivity contribution in [2.75, 3.05) is 13.7 Å². The SMILES string of the molecule is COc1cc2c(cc1-c1cn[nH]c1)C1N(CC2)C(C(=O)OC(C)(C)C)=CC1(C(N)=O)c1cccs1. The third-order valence-electron chi connectivity index (χ3n) is 6.55. The molecule has 0 saturated heterocycles. The number of nitrogens with zero attached hydrogens (tertiary/aromatic N) is 2. The molecule has 2 aromatic heterocycles. The summed E-state index contributed by atoms with van der Waals surface area (Å²) in [5, 5.41) is 8.85. The van der Waals surface area contributed by atoms with Crippen LogP contribution in [0.2, 0.25) is 0 Å². The summed E-state index contributed by atoms with van der Waals surface area (Å²) in [6.45, 7) is 6.02. The van der Waals surface area contributed by atoms with E-state index in [1.807, 2.05) is 55.3 Å². The third-order valence-corrected chi connectivity index (χ3v) is 7.57. The zero-order valence-corrected chi connectivity index (χ0v) is 20.9. The van der Waals surface area contributed by atoms with Crippen molar-refractivity contribution in [3.63, 3.8) is 0 Å². The largest absolute Gasteiger partial charge is 0.496 e. The van der Waals surface area contributed by atoms with Crippen molar-refractivity contribution in [1.29, 1.82) is 0 Å². The van der Waals surface area contributed by atoms with E-state index in [0.29, 0.717) is 18.7 Å². The monoisotopic (exact) mass is 492 g/mol. The van der Waals surface area contributed by atoms with Crippen LogP contribution in [0, 0.1) is 0 Å². The van der Waals surface area contributed by atoms with Crippen LogP contribution in [0.4, 0.5) is 0 Å². The first-order chi connectivity index (χ1) is 16.7. The molecular formula is C26H28N4O4S. The van der Waals surface area contributed by atoms with Crippen LogP contribution in [0.25, 0.3) is 11.1 Å². The molecule has 3 aromatic rings. The number of primary amides is 1. The van der Waals surface area contributed by atoms with Gasteiger partial charge in [0.1, 0.15) is 22.5 Å². The summed E-state index contributed by atoms with van der Waals surface area (Å²) in [6, 6.07) is 7.34. The van der Waals surface area contributed by atoms with E-state index < -0.39 is 28.9 Å². The molecule has 182 valence electrons. The molecular weight excluding hydrogens is 464 g/mol. The van der Waals surface area contributed by atoms with Crippen molar-refractivity contribution in [2.45, 2.75) is 44.2 Å². The minimum atomic E-state index is -1.22. The standard InChI is InChI=1S/C26H28N4O4S/c1-25(2,3)34-23(31)19-12-26(24(27)32,21-6-5-9-35-21)22-18-11-17(16-13-28-29-14-16)20(33-4)10-15(18)7-8-30(19)22/h5-6,9-14,22H,7-8H2,1-4H3,(H2,27,32)(H,28,29). The summed E-state index contributed by atoms with van der Waals surface area (Å²) in [4.78, 5) is 29.5. The summed E-state index contributed by atoms with van der Waals surface area (Å²) in [6.07, 6.45) is 5.92. The summed E-state index contributed by atoms with van der Waals surface area (Å²) < 4.78 is 11.4. The fraction of sp³-hybridized carbons (Fsp3) is 0.346. The lowest BCUT2D eigenvalue weighted by Gasteiger charge is -2.42. The summed E-state index contributed by atoms with van der Waals surface area (Å²) >= 11 is 1.45. The maximum atomic E-state index is 13.3. The number of ether oxygens (including phenoxy) is 2. The first kappa shape index (κ1) is 23.2. The number of nitrogens with one attached hydrogen (secondary N) is 1. The van der Waals surface area contributed by atoms with Crippen molar-refractivity contribution in [1.82, 2.24) is 15.1 Å². The Balaban J connectivity index is 1.74. The Hall–Kier alpha value is -3.59. The summed E-state index contributed by atoms with van der Waals surface area (Å²) in [5.74, 6) is -0.256. The van der Waals surface area contributed by atoms with Crippen molar-refractivity contribution in [3.8, 4) is 16.9 Å². The lowest BCUT2D eigenvalue weighted by atomic mass is 9.73. The van der Waals surface area contributed by atoms with Gasteiger partial charge >= 0.3 is 5.97 Å². The minimum Gasteiger partial charge on any atom is -0.496 e. The highest BCUT2D eigenvalue weighted by molar-refractivity contribution is 7.10. The van der Waals surface area contributed by atoms with Crippen molar-refractivity contribution in [2.24, 2.45) is 5.73 Å². The van der Waals surface area contributed by atoms with E-state index >= 15 is 0 Å². The number of amides is 1. The number of nitrogens with two attached hydrogens (primary N) is 1. The van der Waals surface area contributed by atoms with Crippen LogP contribution in [0.5, 0.6) is 5.75 Å². The van der Waals surface area contributed by atoms with Gasteiger partial charge in [-0.05, 0) is 68.0 Å². The Labute approximate surface area is 207 Å². The smallest absolute Gasteiger partial charge is 0.354 e. The molecule has 0 fully saturated rings. The molecule has 8 nitrogen and oxygen atoms in total. The average Bonchev–Trinajstić information content (AvgIpc) is 3.57. The van der Waals surface area contributed by atoms with Crippen LogP contribution >= 0.6 is 11.3 Å². The van der Waals surface area contributed by atoms with E-state index in [-0.39, 0.29) is 0 Å². The van der Waals surface area contributed by atoms with Crippen LogP contribution in [0.1, 0.15) is 42.8 Å². The second-order valence-corrected chi connectivity index (χ2v) is 10.8. The highest BCUT2D eigenvalue weighted by Crippen LogP contribution is 2.54. The minimum absolute atomic E-state index is 0.364. The van der Waals surface area contributed by atoms with Crippen LogP contribution in [0.15, 0.2) is 53.8 Å². The van der Waals surface area contributed by atoms with Gasteiger partial charge in [0.15, 0.2) is 0 Å². The van der Waals surface area contributed by atoms with Crippen LogP contribution in [-0.4, -0.2) is 46.2 Å². The highest BCUT2D eigenvalue weighted by atomic mass is 32.1. The molecule has 35 heavy (non-hydrogen) atoms. The first-order valence-electron chi connectivity index (χ1n) is 11.4. The zero-order valence-electron chi connectivity index (χ0n) is 20.1. The number of carbonyl (C=O) groups excluding carboxylic acids is 2. The first-order valence-corrected chi connectivity index (χ1v) is 12.3. The molecule has 9 heteroatoms. The third kappa shape index (κ3) is 3.70. The van der Waals surface area contributed by atoms with Crippen LogP contribution in [-0.2, 0) is 26.2 Å². The van der Waals surface area contributed by atoms with Gasteiger partial charge in [0.25, 0.3) is 0 Å². The highest BCUT2D eigenvalue weighted by Gasteiger charge is 2.57. The lowest BCUT2D eigenvalue weighted by molar-refractivity contribution is -0.152. The quantitative estimate of drug-likeness (QED) is 0.526. The fourth-order valence-corrected chi connectivity index (χ4v) is 6.05. The van der Waals surface area contributed by atoms with Crippen molar-refractivity contribution < 1.29 is 19.1 Å². The molecule has 2 aliphatic heterocycles. The number of methoxy groups -OCH3 is 1. The number of esters is 1. The molecule has 2 aliphatic rings. The van der Waals surface area contributed by atoms with E-state index in [9.17, 15) is 9.59 Å². The van der Waals surface area contributed by atoms with Gasteiger partial charge in [0, 0.05) is 28.7 Å². The molecule has 0 aliphatic carbocycles. The number of carbonyl (C=O) groups is 2. The van der Waals surface area contributed by atoms with Gasteiger partial charge < -0.3 is 20.1 Å². The maximum Gasteiger partial charge on any atom is 0.354 e. The molecule has 0 saturated carbocycles. The van der Waals surface area contributed by atoms with Gasteiger partial charge in [0.2, 0.25) is 5.91 Å². The molecule has 3 N–H and O–H groups in total. The summed E-state index contributed by atoms with van der Waals surface area (Å²) in [5.41, 5.74) is 8.32. The van der Waals surface area contributed by atoms with E-state index in [4.69, 9.17) is 15.2 Å². The fourth-order valence-electron chi connectivity index (χ4n) is 5.12. The number of thiophene rings is 1. The predicted molar refractivity (Wildman–Crippen MR) is 133 cm³/mol. The van der Waals surface area contributed by atoms with Gasteiger partial charge in [0.05, 0.1) is 19.3 Å². The number of aromatic nitrogens is 2. The van der Waals surface area contributed by atoms with Gasteiger partial charge in [-0.1, -0.05) is 6.07 Å². The molecule has 1 aromatic carbocycles. The second kappa shape index (κ2) is 8.27. The lowest BCUT2D eigenvalue weighted by Crippen LogP contribution is -2.48. The van der Waals surface area contributed by atoms with Gasteiger partial charge in [-0.25, -0.2) is 4.79 Å². The topological polar surface area (TPSA) is 111 Å². The van der Waals surface area contributed by atoms with Gasteiger partial charge in [-0.2, -0.15) is 5.10 Å². The Bertz CT molecular complexity index is 1310. The second-order valence-electron chi connectivity index (χ2n) is 9.83. The normalized spacial score (nSPS) is 21.2. The Morgan fingerprint density at radius 1 is 1.31 bits per heavy atom. The number of H-pyrrole nitrogens is 1. The van der Waals surface area contributed by atoms with E-state index in [1.54, 1.807) is 25.6 Å². The number of rotatable bonds is 5. The van der Waals surface area contributed by atoms with Crippen LogP contribution < -0.4 is 10.5 Å². The average molecular weight is 493 g/mol. The Morgan fingerprint density at radius 2 is 2.11 bits per heavy atom. The van der Waals surface area contributed by atoms with Gasteiger partial charge in [-0.15, -0.1) is 11.3 Å². The molecule has 5 rings (SSSR count). The predicted octanol–water partition coefficient (Wildman–Crippen LogP) is 3.71. The van der Waals surface area contributed by atoms with Crippen molar-refractivity contribution >= 4 is 23.2 Å². The molecule has 2 unspecified atom stereocenters. The zero-order chi connectivity index (χ0) is 25.0. The van der Waals surface area contributed by atoms with E-state index in [2.05, 4.69) is 10.2 Å².